The fourth-order valence-electron chi connectivity index (χ4n) is 1.83. The van der Waals surface area contributed by atoms with Crippen molar-refractivity contribution in [1.29, 1.82) is 0 Å². The molecule has 1 aromatic carbocycles. The van der Waals surface area contributed by atoms with Gasteiger partial charge in [0.15, 0.2) is 0 Å². The second-order valence-corrected chi connectivity index (χ2v) is 6.20. The first-order valence-corrected chi connectivity index (χ1v) is 8.43. The second-order valence-electron chi connectivity index (χ2n) is 5.17. The van der Waals surface area contributed by atoms with E-state index >= 15 is 0 Å². The number of hydrogen-bond acceptors (Lipinski definition) is 5. The fraction of sp³-hybridized carbons (Fsp3) is 0.438. The third-order valence-corrected chi connectivity index (χ3v) is 4.21. The van der Waals surface area contributed by atoms with Crippen LogP contribution in [0.3, 0.4) is 0 Å². The van der Waals surface area contributed by atoms with Crippen LogP contribution < -0.4 is 10.7 Å². The predicted molar refractivity (Wildman–Crippen MR) is 94.8 cm³/mol. The van der Waals surface area contributed by atoms with Crippen molar-refractivity contribution in [2.75, 3.05) is 10.7 Å². The van der Waals surface area contributed by atoms with Gasteiger partial charge in [0.05, 0.1) is 10.2 Å². The molecule has 0 saturated carbocycles. The maximum atomic E-state index is 11.8. The van der Waals surface area contributed by atoms with Crippen LogP contribution in [0, 0.1) is 0 Å². The van der Waals surface area contributed by atoms with Crippen LogP contribution in [0.25, 0.3) is 10.2 Å². The zero-order chi connectivity index (χ0) is 15.9. The summed E-state index contributed by atoms with van der Waals surface area (Å²) in [6, 6.07) is 5.76. The number of nitrogens with zero attached hydrogens (tertiary/aromatic N) is 2. The Morgan fingerprint density at radius 2 is 2.18 bits per heavy atom. The lowest BCUT2D eigenvalue weighted by atomic mass is 10.2. The van der Waals surface area contributed by atoms with E-state index in [0.717, 1.165) is 46.0 Å². The molecule has 1 amide bonds. The first kappa shape index (κ1) is 16.4. The van der Waals surface area contributed by atoms with Gasteiger partial charge in [-0.25, -0.2) is 4.98 Å². The van der Waals surface area contributed by atoms with E-state index < -0.39 is 0 Å². The number of rotatable bonds is 7. The lowest BCUT2D eigenvalue weighted by Crippen LogP contribution is -2.10. The van der Waals surface area contributed by atoms with Crippen LogP contribution in [0.2, 0.25) is 0 Å². The molecule has 0 saturated heterocycles. The van der Waals surface area contributed by atoms with Crippen LogP contribution in [0.4, 0.5) is 10.8 Å². The van der Waals surface area contributed by atoms with Crippen molar-refractivity contribution in [3.05, 3.63) is 18.2 Å². The monoisotopic (exact) mass is 318 g/mol. The minimum absolute atomic E-state index is 0.0623. The van der Waals surface area contributed by atoms with Crippen molar-refractivity contribution in [2.24, 2.45) is 5.10 Å². The Labute approximate surface area is 134 Å². The van der Waals surface area contributed by atoms with E-state index in [0.29, 0.717) is 6.42 Å². The number of thiazole rings is 1. The van der Waals surface area contributed by atoms with Gasteiger partial charge < -0.3 is 5.32 Å². The zero-order valence-corrected chi connectivity index (χ0v) is 14.1. The first-order valence-electron chi connectivity index (χ1n) is 7.62. The first-order chi connectivity index (χ1) is 10.6. The van der Waals surface area contributed by atoms with Crippen molar-refractivity contribution in [1.82, 2.24) is 4.98 Å². The number of fused-ring (bicyclic) bond motifs is 1. The van der Waals surface area contributed by atoms with Gasteiger partial charge in [-0.05, 0) is 38.0 Å². The summed E-state index contributed by atoms with van der Waals surface area (Å²) in [5.41, 5.74) is 5.73. The summed E-state index contributed by atoms with van der Waals surface area (Å²) in [6.45, 7) is 6.12. The smallest absolute Gasteiger partial charge is 0.224 e. The molecule has 5 nitrogen and oxygen atoms in total. The molecule has 0 fully saturated rings. The highest BCUT2D eigenvalue weighted by Gasteiger charge is 2.06. The third-order valence-electron chi connectivity index (χ3n) is 3.28. The standard InChI is InChI=1S/C16H22N4OS/c1-4-6-7-15(21)17-12-8-9-13-14(10-12)22-16(18-13)20-19-11(3)5-2/h8-10H,4-7H2,1-3H3,(H,17,21)(H,18,20)/b19-11+. The molecule has 0 spiro atoms. The van der Waals surface area contributed by atoms with Crippen molar-refractivity contribution in [3.63, 3.8) is 0 Å². The van der Waals surface area contributed by atoms with E-state index in [1.807, 2.05) is 25.1 Å². The van der Waals surface area contributed by atoms with Crippen LogP contribution >= 0.6 is 11.3 Å². The fourth-order valence-corrected chi connectivity index (χ4v) is 2.68. The van der Waals surface area contributed by atoms with Gasteiger partial charge in [0.25, 0.3) is 0 Å². The minimum Gasteiger partial charge on any atom is -0.326 e. The normalized spacial score (nSPS) is 11.7. The number of hydrogen-bond donors (Lipinski definition) is 2. The van der Waals surface area contributed by atoms with Crippen molar-refractivity contribution in [2.45, 2.75) is 46.5 Å². The molecule has 2 aromatic rings. The minimum atomic E-state index is 0.0623. The highest BCUT2D eigenvalue weighted by molar-refractivity contribution is 7.22. The van der Waals surface area contributed by atoms with Gasteiger partial charge in [-0.15, -0.1) is 0 Å². The number of amides is 1. The average molecular weight is 318 g/mol. The summed E-state index contributed by atoms with van der Waals surface area (Å²) in [6.07, 6.45) is 3.41. The summed E-state index contributed by atoms with van der Waals surface area (Å²) in [4.78, 5) is 16.2. The van der Waals surface area contributed by atoms with Crippen LogP contribution in [0.15, 0.2) is 23.3 Å². The number of unbranched alkanes of at least 4 members (excludes halogenated alkanes) is 1. The molecule has 1 heterocycles. The van der Waals surface area contributed by atoms with E-state index in [9.17, 15) is 4.79 Å². The molecular weight excluding hydrogens is 296 g/mol. The third kappa shape index (κ3) is 4.53. The van der Waals surface area contributed by atoms with Crippen LogP contribution in [0.1, 0.15) is 46.5 Å². The van der Waals surface area contributed by atoms with E-state index in [4.69, 9.17) is 0 Å². The van der Waals surface area contributed by atoms with E-state index in [-0.39, 0.29) is 5.91 Å². The molecule has 0 aliphatic rings. The lowest BCUT2D eigenvalue weighted by Gasteiger charge is -2.04. The van der Waals surface area contributed by atoms with Gasteiger partial charge >= 0.3 is 0 Å². The Morgan fingerprint density at radius 1 is 1.36 bits per heavy atom. The van der Waals surface area contributed by atoms with Gasteiger partial charge in [-0.1, -0.05) is 31.6 Å². The molecule has 0 bridgehead atoms. The Bertz CT molecular complexity index is 678. The zero-order valence-electron chi connectivity index (χ0n) is 13.3. The van der Waals surface area contributed by atoms with Crippen molar-refractivity contribution < 1.29 is 4.79 Å². The Balaban J connectivity index is 2.08. The number of aromatic nitrogens is 1. The largest absolute Gasteiger partial charge is 0.326 e. The summed E-state index contributed by atoms with van der Waals surface area (Å²) in [5.74, 6) is 0.0623. The summed E-state index contributed by atoms with van der Waals surface area (Å²) < 4.78 is 1.03. The quantitative estimate of drug-likeness (QED) is 0.578. The molecule has 0 aliphatic carbocycles. The number of nitrogens with one attached hydrogen (secondary N) is 2. The average Bonchev–Trinajstić information content (AvgIpc) is 2.92. The van der Waals surface area contributed by atoms with E-state index in [1.54, 1.807) is 0 Å². The van der Waals surface area contributed by atoms with E-state index in [2.05, 4.69) is 34.7 Å². The van der Waals surface area contributed by atoms with Gasteiger partial charge in [0, 0.05) is 17.8 Å². The molecule has 2 rings (SSSR count). The van der Waals surface area contributed by atoms with Gasteiger partial charge in [-0.2, -0.15) is 5.10 Å². The SMILES string of the molecule is CCCCC(=O)Nc1ccc2nc(N/N=C(\C)CC)sc2c1. The molecule has 118 valence electrons. The number of carbonyl (C=O) groups is 1. The van der Waals surface area contributed by atoms with Crippen LogP contribution in [-0.2, 0) is 4.79 Å². The number of benzene rings is 1. The van der Waals surface area contributed by atoms with Gasteiger partial charge in [-0.3, -0.25) is 10.2 Å². The molecule has 22 heavy (non-hydrogen) atoms. The molecule has 6 heteroatoms. The van der Waals surface area contributed by atoms with Crippen molar-refractivity contribution >= 4 is 44.0 Å². The van der Waals surface area contributed by atoms with Crippen LogP contribution in [0.5, 0.6) is 0 Å². The van der Waals surface area contributed by atoms with Gasteiger partial charge in [0.1, 0.15) is 0 Å². The molecule has 0 radical (unpaired) electrons. The summed E-state index contributed by atoms with van der Waals surface area (Å²) in [5, 5.41) is 7.95. The highest BCUT2D eigenvalue weighted by Crippen LogP contribution is 2.28. The Hall–Kier alpha value is -1.95. The van der Waals surface area contributed by atoms with Gasteiger partial charge in [0.2, 0.25) is 11.0 Å². The number of hydrazone groups is 1. The molecule has 0 atom stereocenters. The molecule has 1 aromatic heterocycles. The van der Waals surface area contributed by atoms with Crippen molar-refractivity contribution in [3.8, 4) is 0 Å². The molecular formula is C16H22N4OS. The Morgan fingerprint density at radius 3 is 2.91 bits per heavy atom. The summed E-state index contributed by atoms with van der Waals surface area (Å²) in [7, 11) is 0. The molecule has 0 aliphatic heterocycles. The predicted octanol–water partition coefficient (Wildman–Crippen LogP) is 4.62. The molecule has 0 unspecified atom stereocenters. The highest BCUT2D eigenvalue weighted by atomic mass is 32.1. The lowest BCUT2D eigenvalue weighted by molar-refractivity contribution is -0.116. The maximum absolute atomic E-state index is 11.8. The number of anilines is 2. The second kappa shape index (κ2) is 7.89. The molecule has 2 N–H and O–H groups in total. The van der Waals surface area contributed by atoms with E-state index in [1.165, 1.54) is 11.3 Å². The topological polar surface area (TPSA) is 66.4 Å². The summed E-state index contributed by atoms with van der Waals surface area (Å²) >= 11 is 1.53. The maximum Gasteiger partial charge on any atom is 0.224 e. The number of carbonyl (C=O) groups excluding carboxylic acids is 1. The Kier molecular flexibility index (Phi) is 5.89. The van der Waals surface area contributed by atoms with Crippen LogP contribution in [-0.4, -0.2) is 16.6 Å².